The molecule has 0 radical (unpaired) electrons. The van der Waals surface area contributed by atoms with E-state index in [0.717, 1.165) is 34.6 Å². The van der Waals surface area contributed by atoms with Crippen LogP contribution in [0.1, 0.15) is 77.3 Å². The van der Waals surface area contributed by atoms with Crippen LogP contribution in [0.2, 0.25) is 5.02 Å². The molecule has 0 spiro atoms. The molecule has 0 aliphatic heterocycles. The Morgan fingerprint density at radius 2 is 1.76 bits per heavy atom. The van der Waals surface area contributed by atoms with Crippen LogP contribution >= 0.6 is 11.6 Å². The molecule has 196 valence electrons. The number of benzene rings is 2. The molecule has 0 saturated heterocycles. The van der Waals surface area contributed by atoms with Gasteiger partial charge in [-0.15, -0.1) is 0 Å². The van der Waals surface area contributed by atoms with Gasteiger partial charge in [0.15, 0.2) is 0 Å². The molecule has 1 aromatic heterocycles. The van der Waals surface area contributed by atoms with Crippen molar-refractivity contribution in [3.8, 4) is 0 Å². The number of halogens is 1. The zero-order valence-corrected chi connectivity index (χ0v) is 23.2. The highest BCUT2D eigenvalue weighted by atomic mass is 35.5. The molecule has 37 heavy (non-hydrogen) atoms. The molecular weight excluding hydrogens is 482 g/mol. The monoisotopic (exact) mass is 519 g/mol. The Balaban J connectivity index is 1.58. The minimum absolute atomic E-state index is 0.0698. The van der Waals surface area contributed by atoms with Gasteiger partial charge in [-0.25, -0.2) is 0 Å². The number of aromatic nitrogens is 1. The van der Waals surface area contributed by atoms with E-state index >= 15 is 0 Å². The van der Waals surface area contributed by atoms with Gasteiger partial charge in [-0.3, -0.25) is 9.59 Å². The van der Waals surface area contributed by atoms with Gasteiger partial charge >= 0.3 is 0 Å². The zero-order chi connectivity index (χ0) is 26.5. The highest BCUT2D eigenvalue weighted by Gasteiger charge is 2.24. The molecule has 6 heteroatoms. The van der Waals surface area contributed by atoms with Gasteiger partial charge in [-0.05, 0) is 75.4 Å². The summed E-state index contributed by atoms with van der Waals surface area (Å²) in [6.45, 7) is 9.57. The fourth-order valence-corrected chi connectivity index (χ4v) is 5.84. The van der Waals surface area contributed by atoms with Crippen LogP contribution in [0.4, 0.5) is 5.69 Å². The van der Waals surface area contributed by atoms with Crippen LogP contribution in [-0.2, 0) is 13.1 Å². The molecule has 0 unspecified atom stereocenters. The van der Waals surface area contributed by atoms with Crippen molar-refractivity contribution < 1.29 is 4.79 Å². The summed E-state index contributed by atoms with van der Waals surface area (Å²) in [5.74, 6) is -0.213. The van der Waals surface area contributed by atoms with E-state index in [4.69, 9.17) is 11.6 Å². The lowest BCUT2D eigenvalue weighted by Crippen LogP contribution is -2.37. The second kappa shape index (κ2) is 12.0. The maximum atomic E-state index is 13.4. The molecule has 5 nitrogen and oxygen atoms in total. The minimum Gasteiger partial charge on any atom is -0.369 e. The summed E-state index contributed by atoms with van der Waals surface area (Å²) >= 11 is 6.53. The minimum atomic E-state index is -0.213. The third kappa shape index (κ3) is 6.10. The lowest BCUT2D eigenvalue weighted by Gasteiger charge is -2.36. The van der Waals surface area contributed by atoms with Gasteiger partial charge in [0.2, 0.25) is 0 Å². The second-order valence-electron chi connectivity index (χ2n) is 10.2. The smallest absolute Gasteiger partial charge is 0.256 e. The highest BCUT2D eigenvalue weighted by molar-refractivity contribution is 6.31. The van der Waals surface area contributed by atoms with Gasteiger partial charge in [0.25, 0.3) is 11.5 Å². The van der Waals surface area contributed by atoms with Gasteiger partial charge in [-0.1, -0.05) is 61.2 Å². The Kier molecular flexibility index (Phi) is 8.75. The zero-order valence-electron chi connectivity index (χ0n) is 22.4. The van der Waals surface area contributed by atoms with Crippen molar-refractivity contribution in [2.24, 2.45) is 0 Å². The average molecular weight is 520 g/mol. The summed E-state index contributed by atoms with van der Waals surface area (Å²) in [6, 6.07) is 16.1. The Labute approximate surface area is 225 Å². The Morgan fingerprint density at radius 1 is 1.05 bits per heavy atom. The number of hydrogen-bond donors (Lipinski definition) is 1. The number of nitrogens with zero attached hydrogens (tertiary/aromatic N) is 2. The third-order valence-electron chi connectivity index (χ3n) is 7.69. The number of rotatable bonds is 8. The first-order valence-electron chi connectivity index (χ1n) is 13.4. The lowest BCUT2D eigenvalue weighted by atomic mass is 9.93. The van der Waals surface area contributed by atoms with Crippen molar-refractivity contribution >= 4 is 23.2 Å². The molecule has 1 fully saturated rings. The first-order chi connectivity index (χ1) is 17.8. The van der Waals surface area contributed by atoms with E-state index < -0.39 is 0 Å². The quantitative estimate of drug-likeness (QED) is 0.366. The first kappa shape index (κ1) is 27.0. The van der Waals surface area contributed by atoms with Crippen molar-refractivity contribution in [1.29, 1.82) is 0 Å². The van der Waals surface area contributed by atoms with Gasteiger partial charge in [0.05, 0.1) is 6.54 Å². The molecule has 1 saturated carbocycles. The molecule has 1 N–H and O–H groups in total. The van der Waals surface area contributed by atoms with Crippen LogP contribution in [0.25, 0.3) is 0 Å². The van der Waals surface area contributed by atoms with E-state index in [0.29, 0.717) is 28.7 Å². The summed E-state index contributed by atoms with van der Waals surface area (Å²) in [7, 11) is 0. The van der Waals surface area contributed by atoms with Crippen molar-refractivity contribution in [1.82, 2.24) is 9.88 Å². The number of hydrogen-bond acceptors (Lipinski definition) is 3. The van der Waals surface area contributed by atoms with E-state index in [1.807, 2.05) is 63.2 Å². The summed E-state index contributed by atoms with van der Waals surface area (Å²) in [5.41, 5.74) is 5.90. The second-order valence-corrected chi connectivity index (χ2v) is 10.6. The van der Waals surface area contributed by atoms with Crippen LogP contribution in [0.3, 0.4) is 0 Å². The van der Waals surface area contributed by atoms with E-state index in [-0.39, 0.29) is 18.0 Å². The molecule has 0 atom stereocenters. The Morgan fingerprint density at radius 3 is 2.43 bits per heavy atom. The summed E-state index contributed by atoms with van der Waals surface area (Å²) in [6.07, 6.45) is 6.12. The normalized spacial score (nSPS) is 14.0. The number of carbonyl (C=O) groups is 1. The Hall–Kier alpha value is -3.05. The maximum Gasteiger partial charge on any atom is 0.256 e. The van der Waals surface area contributed by atoms with Crippen LogP contribution in [0, 0.1) is 20.8 Å². The van der Waals surface area contributed by atoms with Crippen molar-refractivity contribution in [3.63, 3.8) is 0 Å². The molecule has 2 aromatic carbocycles. The van der Waals surface area contributed by atoms with E-state index in [9.17, 15) is 9.59 Å². The molecule has 1 aliphatic rings. The fourth-order valence-electron chi connectivity index (χ4n) is 5.63. The van der Waals surface area contributed by atoms with Gasteiger partial charge in [-0.2, -0.15) is 0 Å². The topological polar surface area (TPSA) is 54.3 Å². The van der Waals surface area contributed by atoms with Gasteiger partial charge in [0.1, 0.15) is 0 Å². The number of carbonyl (C=O) groups excluding carboxylic acids is 1. The number of nitrogens with one attached hydrogen (secondary N) is 1. The molecule has 4 rings (SSSR count). The summed E-state index contributed by atoms with van der Waals surface area (Å²) in [5, 5.41) is 3.56. The maximum absolute atomic E-state index is 13.4. The number of amides is 1. The largest absolute Gasteiger partial charge is 0.369 e. The van der Waals surface area contributed by atoms with Crippen molar-refractivity contribution in [3.05, 3.63) is 97.4 Å². The van der Waals surface area contributed by atoms with Crippen LogP contribution in [0.5, 0.6) is 0 Å². The van der Waals surface area contributed by atoms with E-state index in [2.05, 4.69) is 17.1 Å². The Bertz CT molecular complexity index is 1310. The molecule has 1 aliphatic carbocycles. The predicted octanol–water partition coefficient (Wildman–Crippen LogP) is 6.56. The van der Waals surface area contributed by atoms with Gasteiger partial charge in [0, 0.05) is 46.7 Å². The number of pyridine rings is 1. The molecular formula is C31H38ClN3O2. The van der Waals surface area contributed by atoms with Crippen LogP contribution in [0.15, 0.2) is 53.3 Å². The summed E-state index contributed by atoms with van der Waals surface area (Å²) < 4.78 is 1.77. The number of anilines is 1. The standard InChI is InChI=1S/C31H38ClN3O2/c1-5-34(26-14-10-7-11-15-26)29-18-25(32)17-27(23(29)4)30(36)33-19-28-21(2)16-22(3)35(31(28)37)20-24-12-8-6-9-13-24/h6,8-9,12-13,16-18,26H,5,7,10-11,14-15,19-20H2,1-4H3,(H,33,36). The molecule has 0 bridgehead atoms. The lowest BCUT2D eigenvalue weighted by molar-refractivity contribution is 0.0950. The molecule has 3 aromatic rings. The van der Waals surface area contributed by atoms with Gasteiger partial charge < -0.3 is 14.8 Å². The molecule has 1 amide bonds. The van der Waals surface area contributed by atoms with Crippen molar-refractivity contribution in [2.75, 3.05) is 11.4 Å². The van der Waals surface area contributed by atoms with Crippen molar-refractivity contribution in [2.45, 2.75) is 78.9 Å². The predicted molar refractivity (Wildman–Crippen MR) is 153 cm³/mol. The highest BCUT2D eigenvalue weighted by Crippen LogP contribution is 2.33. The third-order valence-corrected chi connectivity index (χ3v) is 7.91. The average Bonchev–Trinajstić information content (AvgIpc) is 2.89. The van der Waals surface area contributed by atoms with Crippen LogP contribution < -0.4 is 15.8 Å². The number of aryl methyl sites for hydroxylation is 2. The van der Waals surface area contributed by atoms with E-state index in [1.165, 1.54) is 32.1 Å². The van der Waals surface area contributed by atoms with Crippen LogP contribution in [-0.4, -0.2) is 23.1 Å². The molecule has 1 heterocycles. The first-order valence-corrected chi connectivity index (χ1v) is 13.8. The fraction of sp³-hybridized carbons (Fsp3) is 0.419. The van der Waals surface area contributed by atoms with E-state index in [1.54, 1.807) is 10.6 Å². The SMILES string of the molecule is CCN(c1cc(Cl)cc(C(=O)NCc2c(C)cc(C)n(Cc3ccccc3)c2=O)c1C)C1CCCCC1. The summed E-state index contributed by atoms with van der Waals surface area (Å²) in [4.78, 5) is 29.2.